The summed E-state index contributed by atoms with van der Waals surface area (Å²) < 4.78 is 5.55. The number of nitriles is 1. The van der Waals surface area contributed by atoms with Gasteiger partial charge >= 0.3 is 0 Å². The van der Waals surface area contributed by atoms with Gasteiger partial charge in [-0.1, -0.05) is 11.6 Å². The molecule has 1 heterocycles. The Bertz CT molecular complexity index is 594. The van der Waals surface area contributed by atoms with Gasteiger partial charge in [-0.2, -0.15) is 5.26 Å². The molecular weight excluding hydrogens is 250 g/mol. The lowest BCUT2D eigenvalue weighted by Gasteiger charge is -2.08. The minimum absolute atomic E-state index is 0.255. The fraction of sp³-hybridized carbons (Fsp3) is 0.154. The summed E-state index contributed by atoms with van der Waals surface area (Å²) in [6.07, 6.45) is 2.78. The Morgan fingerprint density at radius 1 is 1.17 bits per heavy atom. The summed E-state index contributed by atoms with van der Waals surface area (Å²) in [5.74, 6) is 0.989. The highest BCUT2D eigenvalue weighted by molar-refractivity contribution is 6.32. The second kappa shape index (κ2) is 5.03. The van der Waals surface area contributed by atoms with E-state index in [4.69, 9.17) is 21.6 Å². The fourth-order valence-corrected chi connectivity index (χ4v) is 1.62. The summed E-state index contributed by atoms with van der Waals surface area (Å²) in [7, 11) is 0. The zero-order valence-corrected chi connectivity index (χ0v) is 10.7. The molecule has 1 aromatic heterocycles. The topological polar surface area (TPSA) is 58.8 Å². The molecule has 0 aliphatic heterocycles. The summed E-state index contributed by atoms with van der Waals surface area (Å²) in [4.78, 5) is 7.87. The van der Waals surface area contributed by atoms with Crippen LogP contribution in [0.3, 0.4) is 0 Å². The Morgan fingerprint density at radius 3 is 2.33 bits per heavy atom. The predicted molar refractivity (Wildman–Crippen MR) is 67.7 cm³/mol. The van der Waals surface area contributed by atoms with Gasteiger partial charge in [0, 0.05) is 5.02 Å². The summed E-state index contributed by atoms with van der Waals surface area (Å²) in [6, 6.07) is 5.55. The second-order valence-electron chi connectivity index (χ2n) is 3.82. The van der Waals surface area contributed by atoms with Crippen LogP contribution < -0.4 is 4.74 Å². The van der Waals surface area contributed by atoms with Crippen LogP contribution in [0.15, 0.2) is 24.5 Å². The number of benzene rings is 1. The van der Waals surface area contributed by atoms with Gasteiger partial charge in [-0.15, -0.1) is 0 Å². The maximum absolute atomic E-state index is 8.61. The van der Waals surface area contributed by atoms with E-state index in [9.17, 15) is 0 Å². The van der Waals surface area contributed by atoms with Crippen molar-refractivity contribution in [3.8, 4) is 17.7 Å². The van der Waals surface area contributed by atoms with Crippen LogP contribution in [0.1, 0.15) is 16.8 Å². The van der Waals surface area contributed by atoms with E-state index in [2.05, 4.69) is 9.97 Å². The molecule has 0 N–H and O–H groups in total. The maximum atomic E-state index is 8.61. The number of aromatic nitrogens is 2. The third-order valence-corrected chi connectivity index (χ3v) is 2.97. The smallest absolute Gasteiger partial charge is 0.237 e. The molecule has 2 rings (SSSR count). The summed E-state index contributed by atoms with van der Waals surface area (Å²) in [5, 5.41) is 9.34. The number of halogens is 1. The molecule has 0 unspecified atom stereocenters. The summed E-state index contributed by atoms with van der Waals surface area (Å²) >= 11 is 6.07. The van der Waals surface area contributed by atoms with Gasteiger partial charge in [0.25, 0.3) is 0 Å². The quantitative estimate of drug-likeness (QED) is 0.829. The number of ether oxygens (including phenoxy) is 1. The Balaban J connectivity index is 2.26. The third-order valence-electron chi connectivity index (χ3n) is 2.38. The van der Waals surface area contributed by atoms with Crippen molar-refractivity contribution in [2.45, 2.75) is 13.8 Å². The van der Waals surface area contributed by atoms with Crippen LogP contribution >= 0.6 is 11.6 Å². The van der Waals surface area contributed by atoms with Crippen molar-refractivity contribution < 1.29 is 4.74 Å². The van der Waals surface area contributed by atoms with Gasteiger partial charge < -0.3 is 4.74 Å². The van der Waals surface area contributed by atoms with Crippen LogP contribution in [0.4, 0.5) is 0 Å². The minimum Gasteiger partial charge on any atom is -0.437 e. The second-order valence-corrected chi connectivity index (χ2v) is 4.20. The molecule has 0 saturated heterocycles. The van der Waals surface area contributed by atoms with Crippen LogP contribution in [0.5, 0.6) is 11.6 Å². The van der Waals surface area contributed by atoms with Crippen molar-refractivity contribution in [3.63, 3.8) is 0 Å². The molecule has 0 amide bonds. The van der Waals surface area contributed by atoms with Gasteiger partial charge in [-0.3, -0.25) is 0 Å². The maximum Gasteiger partial charge on any atom is 0.237 e. The molecule has 0 aliphatic rings. The lowest BCUT2D eigenvalue weighted by atomic mass is 10.1. The fourth-order valence-electron chi connectivity index (χ4n) is 1.51. The van der Waals surface area contributed by atoms with Gasteiger partial charge in [0.2, 0.25) is 5.88 Å². The lowest BCUT2D eigenvalue weighted by molar-refractivity contribution is 0.459. The van der Waals surface area contributed by atoms with E-state index in [0.717, 1.165) is 16.1 Å². The van der Waals surface area contributed by atoms with Crippen LogP contribution in [-0.2, 0) is 0 Å². The Hall–Kier alpha value is -2.12. The molecule has 0 spiro atoms. The van der Waals surface area contributed by atoms with Crippen LogP contribution in [0, 0.1) is 25.2 Å². The van der Waals surface area contributed by atoms with Crippen LogP contribution in [-0.4, -0.2) is 9.97 Å². The molecule has 0 aliphatic carbocycles. The van der Waals surface area contributed by atoms with Gasteiger partial charge in [0.15, 0.2) is 5.69 Å². The molecule has 0 bridgehead atoms. The van der Waals surface area contributed by atoms with Gasteiger partial charge in [-0.25, -0.2) is 9.97 Å². The van der Waals surface area contributed by atoms with Crippen molar-refractivity contribution in [2.75, 3.05) is 0 Å². The highest BCUT2D eigenvalue weighted by Gasteiger charge is 2.05. The number of hydrogen-bond donors (Lipinski definition) is 0. The highest BCUT2D eigenvalue weighted by Crippen LogP contribution is 2.28. The molecule has 0 saturated carbocycles. The van der Waals surface area contributed by atoms with Gasteiger partial charge in [-0.05, 0) is 37.1 Å². The van der Waals surface area contributed by atoms with Crippen molar-refractivity contribution in [1.29, 1.82) is 5.26 Å². The van der Waals surface area contributed by atoms with E-state index in [0.29, 0.717) is 11.6 Å². The Kier molecular flexibility index (Phi) is 3.45. The minimum atomic E-state index is 0.255. The first-order chi connectivity index (χ1) is 8.60. The molecule has 0 radical (unpaired) electrons. The molecule has 90 valence electrons. The van der Waals surface area contributed by atoms with Crippen LogP contribution in [0.25, 0.3) is 0 Å². The molecule has 2 aromatic rings. The predicted octanol–water partition coefficient (Wildman–Crippen LogP) is 3.41. The normalized spacial score (nSPS) is 9.89. The van der Waals surface area contributed by atoms with Crippen molar-refractivity contribution in [1.82, 2.24) is 9.97 Å². The third kappa shape index (κ3) is 2.58. The van der Waals surface area contributed by atoms with Gasteiger partial charge in [0.05, 0.1) is 12.4 Å². The van der Waals surface area contributed by atoms with E-state index < -0.39 is 0 Å². The molecule has 5 heteroatoms. The summed E-state index contributed by atoms with van der Waals surface area (Å²) in [5.41, 5.74) is 2.13. The SMILES string of the molecule is Cc1cc(Oc2cnc(C#N)cn2)cc(C)c1Cl. The molecule has 18 heavy (non-hydrogen) atoms. The monoisotopic (exact) mass is 259 g/mol. The molecule has 0 fully saturated rings. The molecule has 4 nitrogen and oxygen atoms in total. The van der Waals surface area contributed by atoms with E-state index in [-0.39, 0.29) is 5.69 Å². The number of rotatable bonds is 2. The molecule has 1 aromatic carbocycles. The average molecular weight is 260 g/mol. The van der Waals surface area contributed by atoms with Crippen molar-refractivity contribution >= 4 is 11.6 Å². The van der Waals surface area contributed by atoms with E-state index in [1.54, 1.807) is 0 Å². The van der Waals surface area contributed by atoms with E-state index in [1.807, 2.05) is 32.0 Å². The lowest BCUT2D eigenvalue weighted by Crippen LogP contribution is -1.92. The van der Waals surface area contributed by atoms with E-state index >= 15 is 0 Å². The van der Waals surface area contributed by atoms with Crippen molar-refractivity contribution in [3.05, 3.63) is 46.4 Å². The first kappa shape index (κ1) is 12.3. The zero-order chi connectivity index (χ0) is 13.1. The standard InChI is InChI=1S/C13H10ClN3O/c1-8-3-11(4-9(2)13(8)14)18-12-7-16-10(5-15)6-17-12/h3-4,6-7H,1-2H3. The Labute approximate surface area is 110 Å². The number of hydrogen-bond acceptors (Lipinski definition) is 4. The summed E-state index contributed by atoms with van der Waals surface area (Å²) in [6.45, 7) is 3.82. The largest absolute Gasteiger partial charge is 0.437 e. The van der Waals surface area contributed by atoms with Gasteiger partial charge in [0.1, 0.15) is 11.8 Å². The number of nitrogens with zero attached hydrogens (tertiary/aromatic N) is 3. The zero-order valence-electron chi connectivity index (χ0n) is 9.94. The van der Waals surface area contributed by atoms with E-state index in [1.165, 1.54) is 12.4 Å². The first-order valence-corrected chi connectivity index (χ1v) is 5.64. The number of aryl methyl sites for hydroxylation is 2. The highest BCUT2D eigenvalue weighted by atomic mass is 35.5. The molecule has 0 atom stereocenters. The first-order valence-electron chi connectivity index (χ1n) is 5.27. The van der Waals surface area contributed by atoms with Crippen molar-refractivity contribution in [2.24, 2.45) is 0 Å². The average Bonchev–Trinajstić information content (AvgIpc) is 2.37. The Morgan fingerprint density at radius 2 is 1.83 bits per heavy atom. The van der Waals surface area contributed by atoms with Crippen LogP contribution in [0.2, 0.25) is 5.02 Å². The molecular formula is C13H10ClN3O.